The molecule has 0 saturated heterocycles. The molecule has 0 fully saturated rings. The van der Waals surface area contributed by atoms with E-state index in [-0.39, 0.29) is 18.1 Å². The summed E-state index contributed by atoms with van der Waals surface area (Å²) in [4.78, 5) is 33.7. The maximum Gasteiger partial charge on any atom is 0.293 e. The molecular weight excluding hydrogens is 430 g/mol. The molecule has 0 spiro atoms. The molecule has 2 N–H and O–H groups in total. The maximum atomic E-state index is 12.9. The van der Waals surface area contributed by atoms with Crippen molar-refractivity contribution in [3.8, 4) is 5.75 Å². The quantitative estimate of drug-likeness (QED) is 0.426. The van der Waals surface area contributed by atoms with Crippen LogP contribution >= 0.6 is 11.3 Å². The number of ether oxygens (including phenoxy) is 1. The molecule has 164 valence electrons. The number of thiazole rings is 1. The van der Waals surface area contributed by atoms with Crippen molar-refractivity contribution in [3.05, 3.63) is 83.3 Å². The van der Waals surface area contributed by atoms with Gasteiger partial charge in [-0.25, -0.2) is 9.97 Å². The molecule has 0 bridgehead atoms. The summed E-state index contributed by atoms with van der Waals surface area (Å²) in [6.07, 6.45) is 4.98. The summed E-state index contributed by atoms with van der Waals surface area (Å²) in [6.45, 7) is 0. The van der Waals surface area contributed by atoms with Crippen molar-refractivity contribution >= 4 is 28.3 Å². The van der Waals surface area contributed by atoms with Crippen LogP contribution in [0.4, 0.5) is 5.13 Å². The Balaban J connectivity index is 1.46. The predicted molar refractivity (Wildman–Crippen MR) is 119 cm³/mol. The zero-order chi connectivity index (χ0) is 22.5. The normalized spacial score (nSPS) is 11.7. The summed E-state index contributed by atoms with van der Waals surface area (Å²) in [7, 11) is 3.47. The van der Waals surface area contributed by atoms with Crippen molar-refractivity contribution in [3.63, 3.8) is 0 Å². The van der Waals surface area contributed by atoms with Gasteiger partial charge in [-0.15, -0.1) is 11.3 Å². The van der Waals surface area contributed by atoms with Gasteiger partial charge in [-0.05, 0) is 29.8 Å². The molecule has 4 rings (SSSR count). The number of aromatic nitrogens is 3. The van der Waals surface area contributed by atoms with Crippen molar-refractivity contribution in [1.82, 2.24) is 19.9 Å². The molecule has 4 aromatic rings. The lowest BCUT2D eigenvalue weighted by molar-refractivity contribution is -0.121. The monoisotopic (exact) mass is 451 g/mol. The predicted octanol–water partition coefficient (Wildman–Crippen LogP) is 3.18. The summed E-state index contributed by atoms with van der Waals surface area (Å²) in [5.41, 5.74) is 1.39. The second-order valence-electron chi connectivity index (χ2n) is 6.93. The first kappa shape index (κ1) is 21.3. The van der Waals surface area contributed by atoms with Crippen LogP contribution in [0.1, 0.15) is 33.7 Å². The minimum absolute atomic E-state index is 0.0536. The van der Waals surface area contributed by atoms with Gasteiger partial charge in [0.1, 0.15) is 17.6 Å². The summed E-state index contributed by atoms with van der Waals surface area (Å²) in [5.74, 6) is 0.947. The van der Waals surface area contributed by atoms with Crippen LogP contribution < -0.4 is 15.4 Å². The molecule has 2 amide bonds. The minimum atomic E-state index is -0.464. The van der Waals surface area contributed by atoms with Gasteiger partial charge in [-0.3, -0.25) is 14.9 Å². The lowest BCUT2D eigenvalue weighted by Gasteiger charge is -2.19. The number of amides is 2. The third-order valence-corrected chi connectivity index (χ3v) is 5.51. The van der Waals surface area contributed by atoms with Gasteiger partial charge in [-0.2, -0.15) is 0 Å². The maximum absolute atomic E-state index is 12.9. The molecule has 1 unspecified atom stereocenters. The van der Waals surface area contributed by atoms with E-state index < -0.39 is 11.9 Å². The molecule has 1 aromatic carbocycles. The van der Waals surface area contributed by atoms with Gasteiger partial charge in [0.25, 0.3) is 5.91 Å². The number of imidazole rings is 1. The number of methoxy groups -OCH3 is 1. The number of carbonyl (C=O) groups is 2. The van der Waals surface area contributed by atoms with E-state index in [0.717, 1.165) is 5.56 Å². The number of hydrogen-bond donors (Lipinski definition) is 2. The van der Waals surface area contributed by atoms with Crippen molar-refractivity contribution in [2.45, 2.75) is 12.5 Å². The van der Waals surface area contributed by atoms with E-state index in [4.69, 9.17) is 9.15 Å². The number of benzene rings is 1. The molecule has 1 atom stereocenters. The highest BCUT2D eigenvalue weighted by molar-refractivity contribution is 7.14. The smallest absolute Gasteiger partial charge is 0.293 e. The van der Waals surface area contributed by atoms with Crippen LogP contribution in [-0.4, -0.2) is 33.5 Å². The van der Waals surface area contributed by atoms with Gasteiger partial charge >= 0.3 is 0 Å². The van der Waals surface area contributed by atoms with E-state index in [2.05, 4.69) is 20.6 Å². The molecule has 32 heavy (non-hydrogen) atoms. The average Bonchev–Trinajstić information content (AvgIpc) is 3.55. The van der Waals surface area contributed by atoms with Gasteiger partial charge in [-0.1, -0.05) is 12.1 Å². The van der Waals surface area contributed by atoms with Gasteiger partial charge in [0.2, 0.25) is 5.91 Å². The number of nitrogens with one attached hydrogen (secondary N) is 2. The molecule has 0 radical (unpaired) electrons. The minimum Gasteiger partial charge on any atom is -0.497 e. The number of rotatable bonds is 8. The standard InChI is InChI=1S/C22H21N5O4S/c1-27-9-8-23-20(27)19(14-5-3-6-16(11-14)30-2)25-18(28)12-15-13-32-22(24-15)26-21(29)17-7-4-10-31-17/h3-11,13,19H,12H2,1-2H3,(H,25,28)(H,24,26,29). The van der Waals surface area contributed by atoms with E-state index in [1.165, 1.54) is 17.6 Å². The number of hydrogen-bond acceptors (Lipinski definition) is 7. The van der Waals surface area contributed by atoms with E-state index >= 15 is 0 Å². The van der Waals surface area contributed by atoms with E-state index in [1.807, 2.05) is 42.1 Å². The van der Waals surface area contributed by atoms with Crippen molar-refractivity contribution in [1.29, 1.82) is 0 Å². The highest BCUT2D eigenvalue weighted by atomic mass is 32.1. The van der Waals surface area contributed by atoms with Crippen molar-refractivity contribution in [2.75, 3.05) is 12.4 Å². The van der Waals surface area contributed by atoms with Gasteiger partial charge in [0.05, 0.1) is 25.5 Å². The van der Waals surface area contributed by atoms with Crippen LogP contribution in [0.5, 0.6) is 5.75 Å². The summed E-state index contributed by atoms with van der Waals surface area (Å²) < 4.78 is 12.3. The lowest BCUT2D eigenvalue weighted by atomic mass is 10.1. The topological polar surface area (TPSA) is 111 Å². The van der Waals surface area contributed by atoms with Gasteiger partial charge in [0, 0.05) is 24.8 Å². The average molecular weight is 452 g/mol. The number of furan rings is 1. The molecule has 0 saturated carbocycles. The molecule has 0 aliphatic carbocycles. The number of nitrogens with zero attached hydrogens (tertiary/aromatic N) is 3. The number of anilines is 1. The zero-order valence-electron chi connectivity index (χ0n) is 17.4. The fraction of sp³-hybridized carbons (Fsp3) is 0.182. The zero-order valence-corrected chi connectivity index (χ0v) is 18.3. The van der Waals surface area contributed by atoms with Crippen LogP contribution in [0.15, 0.2) is 64.9 Å². The highest BCUT2D eigenvalue weighted by Gasteiger charge is 2.22. The molecule has 10 heteroatoms. The van der Waals surface area contributed by atoms with E-state index in [1.54, 1.807) is 30.8 Å². The molecule has 3 aromatic heterocycles. The van der Waals surface area contributed by atoms with E-state index in [9.17, 15) is 9.59 Å². The number of aryl methyl sites for hydroxylation is 1. The van der Waals surface area contributed by atoms with Crippen LogP contribution in [0.3, 0.4) is 0 Å². The largest absolute Gasteiger partial charge is 0.497 e. The first-order valence-electron chi connectivity index (χ1n) is 9.73. The van der Waals surface area contributed by atoms with E-state index in [0.29, 0.717) is 22.4 Å². The number of carbonyl (C=O) groups excluding carboxylic acids is 2. The molecule has 0 aliphatic heterocycles. The van der Waals surface area contributed by atoms with Gasteiger partial charge < -0.3 is 19.0 Å². The Kier molecular flexibility index (Phi) is 6.31. The van der Waals surface area contributed by atoms with Crippen LogP contribution in [0.25, 0.3) is 0 Å². The Hall–Kier alpha value is -3.92. The Morgan fingerprint density at radius 1 is 1.28 bits per heavy atom. The van der Waals surface area contributed by atoms with Crippen molar-refractivity contribution in [2.24, 2.45) is 7.05 Å². The molecular formula is C22H21N5O4S. The molecule has 0 aliphatic rings. The fourth-order valence-electron chi connectivity index (χ4n) is 3.16. The second kappa shape index (κ2) is 9.48. The third-order valence-electron chi connectivity index (χ3n) is 4.71. The Bertz CT molecular complexity index is 1210. The first-order valence-corrected chi connectivity index (χ1v) is 10.6. The lowest BCUT2D eigenvalue weighted by Crippen LogP contribution is -2.32. The summed E-state index contributed by atoms with van der Waals surface area (Å²) in [5, 5.41) is 7.82. The Labute approximate surface area is 188 Å². The van der Waals surface area contributed by atoms with Gasteiger partial charge in [0.15, 0.2) is 10.9 Å². The molecule has 3 heterocycles. The SMILES string of the molecule is COc1cccc(C(NC(=O)Cc2csc(NC(=O)c3ccco3)n2)c2nccn2C)c1. The summed E-state index contributed by atoms with van der Waals surface area (Å²) >= 11 is 1.24. The van der Waals surface area contributed by atoms with Crippen LogP contribution in [-0.2, 0) is 18.3 Å². The fourth-order valence-corrected chi connectivity index (χ4v) is 3.87. The van der Waals surface area contributed by atoms with Crippen molar-refractivity contribution < 1.29 is 18.7 Å². The first-order chi connectivity index (χ1) is 15.5. The summed E-state index contributed by atoms with van der Waals surface area (Å²) in [6, 6.07) is 10.2. The Morgan fingerprint density at radius 3 is 2.88 bits per heavy atom. The second-order valence-corrected chi connectivity index (χ2v) is 7.78. The molecule has 9 nitrogen and oxygen atoms in total. The third kappa shape index (κ3) is 4.86. The highest BCUT2D eigenvalue weighted by Crippen LogP contribution is 2.24. The van der Waals surface area contributed by atoms with Crippen LogP contribution in [0.2, 0.25) is 0 Å². The van der Waals surface area contributed by atoms with Crippen LogP contribution in [0, 0.1) is 0 Å². The Morgan fingerprint density at radius 2 is 2.16 bits per heavy atom.